The summed E-state index contributed by atoms with van der Waals surface area (Å²) < 4.78 is 25.1. The standard InChI is InChI=1S/C20H16N4O4S/c1-29(27,28)23-14-11-9-13(10-12-14)21-20-15-5-2-3-6-16(15)22-17-7-4-8-18(19(17)20)24(25)26/h2-12,23H,1H3,(H,21,22). The fraction of sp³-hybridized carbons (Fsp3) is 0.0500. The van der Waals surface area contributed by atoms with Crippen molar-refractivity contribution in [1.82, 2.24) is 4.98 Å². The molecule has 29 heavy (non-hydrogen) atoms. The molecule has 0 radical (unpaired) electrons. The fourth-order valence-electron chi connectivity index (χ4n) is 3.19. The molecule has 0 aliphatic carbocycles. The average molecular weight is 408 g/mol. The van der Waals surface area contributed by atoms with Gasteiger partial charge in [0.2, 0.25) is 10.0 Å². The first-order valence-corrected chi connectivity index (χ1v) is 10.5. The van der Waals surface area contributed by atoms with Crippen LogP contribution >= 0.6 is 0 Å². The highest BCUT2D eigenvalue weighted by atomic mass is 32.2. The first kappa shape index (κ1) is 18.6. The van der Waals surface area contributed by atoms with Crippen molar-refractivity contribution in [2.75, 3.05) is 16.3 Å². The van der Waals surface area contributed by atoms with Gasteiger partial charge < -0.3 is 5.32 Å². The van der Waals surface area contributed by atoms with Gasteiger partial charge in [-0.05, 0) is 36.4 Å². The topological polar surface area (TPSA) is 114 Å². The molecule has 0 saturated carbocycles. The van der Waals surface area contributed by atoms with E-state index in [2.05, 4.69) is 15.0 Å². The van der Waals surface area contributed by atoms with Crippen LogP contribution in [-0.4, -0.2) is 24.6 Å². The van der Waals surface area contributed by atoms with E-state index in [0.717, 1.165) is 11.6 Å². The van der Waals surface area contributed by atoms with E-state index in [1.165, 1.54) is 6.07 Å². The molecule has 0 saturated heterocycles. The predicted octanol–water partition coefficient (Wildman–Crippen LogP) is 4.41. The van der Waals surface area contributed by atoms with Gasteiger partial charge in [-0.2, -0.15) is 0 Å². The zero-order valence-corrected chi connectivity index (χ0v) is 16.1. The third-order valence-electron chi connectivity index (χ3n) is 4.34. The second-order valence-corrected chi connectivity index (χ2v) is 8.26. The molecule has 3 aromatic carbocycles. The summed E-state index contributed by atoms with van der Waals surface area (Å²) in [6, 6.07) is 18.8. The minimum atomic E-state index is -3.38. The highest BCUT2D eigenvalue weighted by molar-refractivity contribution is 7.92. The van der Waals surface area contributed by atoms with E-state index < -0.39 is 14.9 Å². The Bertz CT molecular complexity index is 1350. The van der Waals surface area contributed by atoms with Crippen LogP contribution in [-0.2, 0) is 10.0 Å². The van der Waals surface area contributed by atoms with Gasteiger partial charge in [-0.1, -0.05) is 24.3 Å². The van der Waals surface area contributed by atoms with Crippen LogP contribution < -0.4 is 10.0 Å². The molecule has 4 aromatic rings. The lowest BCUT2D eigenvalue weighted by atomic mass is 10.1. The average Bonchev–Trinajstić information content (AvgIpc) is 2.67. The second-order valence-electron chi connectivity index (χ2n) is 6.51. The molecule has 0 amide bonds. The Morgan fingerprint density at radius 3 is 2.24 bits per heavy atom. The number of nitrogens with one attached hydrogen (secondary N) is 2. The number of hydrogen-bond donors (Lipinski definition) is 2. The third-order valence-corrected chi connectivity index (χ3v) is 4.95. The summed E-state index contributed by atoms with van der Waals surface area (Å²) in [7, 11) is -3.38. The van der Waals surface area contributed by atoms with E-state index in [9.17, 15) is 18.5 Å². The maximum Gasteiger partial charge on any atom is 0.280 e. The molecular formula is C20H16N4O4S. The molecular weight excluding hydrogens is 392 g/mol. The van der Waals surface area contributed by atoms with E-state index in [1.54, 1.807) is 36.4 Å². The highest BCUT2D eigenvalue weighted by Crippen LogP contribution is 2.38. The lowest BCUT2D eigenvalue weighted by Crippen LogP contribution is -2.09. The largest absolute Gasteiger partial charge is 0.354 e. The zero-order chi connectivity index (χ0) is 20.6. The number of aromatic nitrogens is 1. The number of para-hydroxylation sites is 1. The van der Waals surface area contributed by atoms with Crippen LogP contribution in [0.5, 0.6) is 0 Å². The van der Waals surface area contributed by atoms with Crippen molar-refractivity contribution < 1.29 is 13.3 Å². The Morgan fingerprint density at radius 1 is 0.897 bits per heavy atom. The third kappa shape index (κ3) is 3.81. The molecule has 0 fully saturated rings. The number of fused-ring (bicyclic) bond motifs is 2. The predicted molar refractivity (Wildman–Crippen MR) is 114 cm³/mol. The van der Waals surface area contributed by atoms with E-state index in [4.69, 9.17) is 0 Å². The summed E-state index contributed by atoms with van der Waals surface area (Å²) >= 11 is 0. The van der Waals surface area contributed by atoms with Crippen molar-refractivity contribution in [3.05, 3.63) is 76.8 Å². The van der Waals surface area contributed by atoms with Crippen LogP contribution in [0, 0.1) is 10.1 Å². The molecule has 9 heteroatoms. The number of nitro benzene ring substituents is 1. The molecule has 1 heterocycles. The maximum absolute atomic E-state index is 11.6. The number of nitro groups is 1. The first-order chi connectivity index (χ1) is 13.8. The van der Waals surface area contributed by atoms with Gasteiger partial charge in [0.15, 0.2) is 0 Å². The van der Waals surface area contributed by atoms with E-state index in [-0.39, 0.29) is 5.69 Å². The van der Waals surface area contributed by atoms with Crippen molar-refractivity contribution in [2.24, 2.45) is 0 Å². The van der Waals surface area contributed by atoms with Gasteiger partial charge in [-0.25, -0.2) is 13.4 Å². The highest BCUT2D eigenvalue weighted by Gasteiger charge is 2.19. The minimum Gasteiger partial charge on any atom is -0.354 e. The van der Waals surface area contributed by atoms with Gasteiger partial charge in [0.05, 0.1) is 27.9 Å². The Morgan fingerprint density at radius 2 is 1.55 bits per heavy atom. The van der Waals surface area contributed by atoms with Crippen LogP contribution in [0.15, 0.2) is 66.7 Å². The second kappa shape index (κ2) is 7.02. The Balaban J connectivity index is 1.88. The van der Waals surface area contributed by atoms with E-state index >= 15 is 0 Å². The van der Waals surface area contributed by atoms with Crippen LogP contribution in [0.3, 0.4) is 0 Å². The van der Waals surface area contributed by atoms with Crippen molar-refractivity contribution in [3.63, 3.8) is 0 Å². The molecule has 0 unspecified atom stereocenters. The normalized spacial score (nSPS) is 11.5. The molecule has 0 atom stereocenters. The minimum absolute atomic E-state index is 0.0429. The van der Waals surface area contributed by atoms with Crippen LogP contribution in [0.4, 0.5) is 22.7 Å². The van der Waals surface area contributed by atoms with Gasteiger partial charge in [-0.15, -0.1) is 0 Å². The lowest BCUT2D eigenvalue weighted by molar-refractivity contribution is -0.383. The molecule has 0 aliphatic rings. The van der Waals surface area contributed by atoms with Crippen LogP contribution in [0.1, 0.15) is 0 Å². The molecule has 8 nitrogen and oxygen atoms in total. The Hall–Kier alpha value is -3.72. The number of benzene rings is 3. The van der Waals surface area contributed by atoms with Gasteiger partial charge in [0, 0.05) is 22.8 Å². The van der Waals surface area contributed by atoms with E-state index in [1.807, 2.05) is 24.3 Å². The van der Waals surface area contributed by atoms with Crippen LogP contribution in [0.2, 0.25) is 0 Å². The summed E-state index contributed by atoms with van der Waals surface area (Å²) in [6.45, 7) is 0. The summed E-state index contributed by atoms with van der Waals surface area (Å²) in [5, 5.41) is 16.0. The number of anilines is 3. The molecule has 0 spiro atoms. The quantitative estimate of drug-likeness (QED) is 0.287. The molecule has 1 aromatic heterocycles. The smallest absolute Gasteiger partial charge is 0.280 e. The molecule has 2 N–H and O–H groups in total. The first-order valence-electron chi connectivity index (χ1n) is 8.62. The number of rotatable bonds is 5. The molecule has 0 aliphatic heterocycles. The number of sulfonamides is 1. The summed E-state index contributed by atoms with van der Waals surface area (Å²) in [5.41, 5.74) is 2.82. The maximum atomic E-state index is 11.6. The van der Waals surface area contributed by atoms with Gasteiger partial charge in [0.25, 0.3) is 5.69 Å². The van der Waals surface area contributed by atoms with Gasteiger partial charge >= 0.3 is 0 Å². The fourth-order valence-corrected chi connectivity index (χ4v) is 3.75. The van der Waals surface area contributed by atoms with Crippen molar-refractivity contribution in [1.29, 1.82) is 0 Å². The SMILES string of the molecule is CS(=O)(=O)Nc1ccc(Nc2c3ccccc3nc3cccc([N+](=O)[O-])c23)cc1. The number of hydrogen-bond acceptors (Lipinski definition) is 6. The molecule has 4 rings (SSSR count). The van der Waals surface area contributed by atoms with Crippen molar-refractivity contribution >= 4 is 54.6 Å². The summed E-state index contributed by atoms with van der Waals surface area (Å²) in [5.74, 6) is 0. The van der Waals surface area contributed by atoms with Gasteiger partial charge in [0.1, 0.15) is 5.39 Å². The Labute approximate surface area is 166 Å². The zero-order valence-electron chi connectivity index (χ0n) is 15.3. The number of pyridine rings is 1. The van der Waals surface area contributed by atoms with Crippen molar-refractivity contribution in [3.8, 4) is 0 Å². The van der Waals surface area contributed by atoms with Gasteiger partial charge in [-0.3, -0.25) is 14.8 Å². The number of non-ortho nitro benzene ring substituents is 1. The molecule has 0 bridgehead atoms. The summed E-state index contributed by atoms with van der Waals surface area (Å²) in [4.78, 5) is 15.7. The number of nitrogens with zero attached hydrogens (tertiary/aromatic N) is 2. The lowest BCUT2D eigenvalue weighted by Gasteiger charge is -2.14. The van der Waals surface area contributed by atoms with E-state index in [0.29, 0.717) is 33.5 Å². The monoisotopic (exact) mass is 408 g/mol. The summed E-state index contributed by atoms with van der Waals surface area (Å²) in [6.07, 6.45) is 1.08. The Kier molecular flexibility index (Phi) is 4.51. The van der Waals surface area contributed by atoms with Crippen LogP contribution in [0.25, 0.3) is 21.8 Å². The van der Waals surface area contributed by atoms with Crippen molar-refractivity contribution in [2.45, 2.75) is 0 Å². The molecule has 146 valence electrons.